The largest absolute Gasteiger partial charge is 0.439 e. The van der Waals surface area contributed by atoms with Gasteiger partial charge in [-0.1, -0.05) is 60.7 Å². The first kappa shape index (κ1) is 25.6. The van der Waals surface area contributed by atoms with Gasteiger partial charge in [0, 0.05) is 29.9 Å². The van der Waals surface area contributed by atoms with Gasteiger partial charge in [-0.25, -0.2) is 9.80 Å². The highest BCUT2D eigenvalue weighted by Gasteiger charge is 2.45. The average Bonchev–Trinajstić information content (AvgIpc) is 3.53. The molecular formula is C33H21N2O6P. The zero-order valence-electron chi connectivity index (χ0n) is 21.9. The van der Waals surface area contributed by atoms with Gasteiger partial charge in [0.05, 0.1) is 16.7 Å². The average molecular weight is 573 g/mol. The van der Waals surface area contributed by atoms with E-state index in [1.807, 2.05) is 42.5 Å². The molecule has 4 amide bonds. The van der Waals surface area contributed by atoms with E-state index in [4.69, 9.17) is 4.52 Å². The van der Waals surface area contributed by atoms with Crippen molar-refractivity contribution < 1.29 is 28.3 Å². The number of benzene rings is 4. The SMILES string of the molecule is O=C1C=CC(=O)N1c1ccc(C(c2ccc(N3C(=O)C=CC3=O)cc2)P2(=O)Oc3ccccc3-c3ccccc32)cc1. The summed E-state index contributed by atoms with van der Waals surface area (Å²) in [6, 6.07) is 28.4. The lowest BCUT2D eigenvalue weighted by molar-refractivity contribution is -0.121. The Hall–Kier alpha value is -5.33. The van der Waals surface area contributed by atoms with E-state index >= 15 is 4.57 Å². The van der Waals surface area contributed by atoms with Gasteiger partial charge in [0.15, 0.2) is 0 Å². The molecule has 0 N–H and O–H groups in total. The Kier molecular flexibility index (Phi) is 5.89. The van der Waals surface area contributed by atoms with Crippen LogP contribution in [0.1, 0.15) is 16.8 Å². The minimum atomic E-state index is -3.74. The van der Waals surface area contributed by atoms with Crippen molar-refractivity contribution in [1.82, 2.24) is 0 Å². The highest BCUT2D eigenvalue weighted by atomic mass is 31.2. The summed E-state index contributed by atoms with van der Waals surface area (Å²) >= 11 is 0. The van der Waals surface area contributed by atoms with Crippen molar-refractivity contribution >= 4 is 47.7 Å². The molecule has 0 aliphatic carbocycles. The van der Waals surface area contributed by atoms with Crippen LogP contribution in [-0.4, -0.2) is 23.6 Å². The minimum absolute atomic E-state index is 0.389. The second kappa shape index (κ2) is 9.65. The minimum Gasteiger partial charge on any atom is -0.439 e. The molecule has 3 heterocycles. The number of carbonyl (C=O) groups is 4. The van der Waals surface area contributed by atoms with Crippen molar-refractivity contribution in [2.75, 3.05) is 9.80 Å². The van der Waals surface area contributed by atoms with Crippen molar-refractivity contribution in [2.24, 2.45) is 0 Å². The molecule has 9 heteroatoms. The molecule has 0 bridgehead atoms. The maximum atomic E-state index is 15.3. The Bertz CT molecular complexity index is 1810. The standard InChI is InChI=1S/C33H21N2O6P/c36-29-17-18-30(37)34(29)23-13-9-21(10-14-23)33(22-11-15-24(16-12-22)35-31(38)19-20-32(35)39)42(40)28-8-4-2-6-26(28)25-5-1-3-7-27(25)41-42/h1-20,33H. The maximum absolute atomic E-state index is 15.3. The molecular weight excluding hydrogens is 551 g/mol. The molecule has 0 aromatic heterocycles. The smallest absolute Gasteiger partial charge is 0.289 e. The first-order valence-electron chi connectivity index (χ1n) is 13.2. The fraction of sp³-hybridized carbons (Fsp3) is 0.0303. The maximum Gasteiger partial charge on any atom is 0.289 e. The third kappa shape index (κ3) is 3.96. The number of fused-ring (bicyclic) bond motifs is 3. The Morgan fingerprint density at radius 3 is 1.45 bits per heavy atom. The molecule has 204 valence electrons. The lowest BCUT2D eigenvalue weighted by atomic mass is 10.0. The van der Waals surface area contributed by atoms with Gasteiger partial charge in [0.1, 0.15) is 11.4 Å². The van der Waals surface area contributed by atoms with Crippen LogP contribution in [0.25, 0.3) is 11.1 Å². The van der Waals surface area contributed by atoms with Crippen molar-refractivity contribution in [3.8, 4) is 16.9 Å². The van der Waals surface area contributed by atoms with Gasteiger partial charge in [-0.15, -0.1) is 0 Å². The third-order valence-electron chi connectivity index (χ3n) is 7.54. The number of para-hydroxylation sites is 1. The van der Waals surface area contributed by atoms with Crippen LogP contribution in [0.15, 0.2) is 121 Å². The van der Waals surface area contributed by atoms with Gasteiger partial charge in [-0.3, -0.25) is 23.7 Å². The number of rotatable bonds is 5. The summed E-state index contributed by atoms with van der Waals surface area (Å²) < 4.78 is 21.8. The summed E-state index contributed by atoms with van der Waals surface area (Å²) in [5.41, 5.74) is 2.87. The Morgan fingerprint density at radius 1 is 0.524 bits per heavy atom. The zero-order chi connectivity index (χ0) is 29.0. The second-order valence-corrected chi connectivity index (χ2v) is 12.4. The monoisotopic (exact) mass is 572 g/mol. The Balaban J connectivity index is 1.37. The molecule has 4 aromatic rings. The third-order valence-corrected chi connectivity index (χ3v) is 10.3. The number of hydrogen-bond acceptors (Lipinski definition) is 6. The van der Waals surface area contributed by atoms with E-state index in [0.29, 0.717) is 33.6 Å². The van der Waals surface area contributed by atoms with E-state index in [1.54, 1.807) is 54.6 Å². The van der Waals surface area contributed by atoms with Crippen LogP contribution >= 0.6 is 7.37 Å². The summed E-state index contributed by atoms with van der Waals surface area (Å²) in [5.74, 6) is -1.25. The van der Waals surface area contributed by atoms with Gasteiger partial charge in [-0.2, -0.15) is 0 Å². The molecule has 42 heavy (non-hydrogen) atoms. The predicted molar refractivity (Wildman–Crippen MR) is 158 cm³/mol. The van der Waals surface area contributed by atoms with E-state index in [-0.39, 0.29) is 0 Å². The van der Waals surface area contributed by atoms with Crippen LogP contribution in [-0.2, 0) is 23.7 Å². The molecule has 3 aliphatic heterocycles. The lowest BCUT2D eigenvalue weighted by Crippen LogP contribution is -2.29. The van der Waals surface area contributed by atoms with Gasteiger partial charge in [0.25, 0.3) is 31.0 Å². The molecule has 7 rings (SSSR count). The summed E-state index contributed by atoms with van der Waals surface area (Å²) in [7, 11) is -3.74. The van der Waals surface area contributed by atoms with E-state index in [0.717, 1.165) is 20.9 Å². The van der Waals surface area contributed by atoms with E-state index < -0.39 is 36.7 Å². The first-order valence-corrected chi connectivity index (χ1v) is 14.8. The highest BCUT2D eigenvalue weighted by molar-refractivity contribution is 7.68. The number of imide groups is 2. The summed E-state index contributed by atoms with van der Waals surface area (Å²) in [6.45, 7) is 0. The quantitative estimate of drug-likeness (QED) is 0.238. The topological polar surface area (TPSA) is 101 Å². The molecule has 0 spiro atoms. The fourth-order valence-corrected chi connectivity index (χ4v) is 8.52. The van der Waals surface area contributed by atoms with Crippen molar-refractivity contribution in [3.05, 3.63) is 132 Å². The van der Waals surface area contributed by atoms with Crippen LogP contribution in [0.3, 0.4) is 0 Å². The zero-order valence-corrected chi connectivity index (χ0v) is 22.8. The fourth-order valence-electron chi connectivity index (χ4n) is 5.63. The molecule has 1 atom stereocenters. The number of nitrogens with zero attached hydrogens (tertiary/aromatic N) is 2. The molecule has 1 unspecified atom stereocenters. The molecule has 8 nitrogen and oxygen atoms in total. The van der Waals surface area contributed by atoms with Crippen LogP contribution in [0, 0.1) is 0 Å². The summed E-state index contributed by atoms with van der Waals surface area (Å²) in [6.07, 6.45) is 4.87. The number of amides is 4. The van der Waals surface area contributed by atoms with E-state index in [9.17, 15) is 19.2 Å². The molecule has 0 fully saturated rings. The molecule has 0 saturated carbocycles. The predicted octanol–water partition coefficient (Wildman–Crippen LogP) is 5.30. The van der Waals surface area contributed by atoms with Crippen LogP contribution < -0.4 is 19.6 Å². The second-order valence-electron chi connectivity index (χ2n) is 9.98. The van der Waals surface area contributed by atoms with Crippen LogP contribution in [0.2, 0.25) is 0 Å². The number of anilines is 2. The normalized spacial score (nSPS) is 19.0. The lowest BCUT2D eigenvalue weighted by Gasteiger charge is -2.34. The molecule has 0 radical (unpaired) electrons. The summed E-state index contributed by atoms with van der Waals surface area (Å²) in [4.78, 5) is 51.2. The first-order chi connectivity index (χ1) is 20.3. The Morgan fingerprint density at radius 2 is 0.952 bits per heavy atom. The molecule has 4 aromatic carbocycles. The van der Waals surface area contributed by atoms with Crippen molar-refractivity contribution in [1.29, 1.82) is 0 Å². The van der Waals surface area contributed by atoms with E-state index in [2.05, 4.69) is 0 Å². The van der Waals surface area contributed by atoms with Crippen LogP contribution in [0.4, 0.5) is 11.4 Å². The van der Waals surface area contributed by atoms with Crippen molar-refractivity contribution in [2.45, 2.75) is 5.66 Å². The van der Waals surface area contributed by atoms with Crippen LogP contribution in [0.5, 0.6) is 5.75 Å². The van der Waals surface area contributed by atoms with E-state index in [1.165, 1.54) is 24.3 Å². The van der Waals surface area contributed by atoms with Gasteiger partial charge in [0.2, 0.25) is 0 Å². The molecule has 3 aliphatic rings. The number of hydrogen-bond donors (Lipinski definition) is 0. The summed E-state index contributed by atoms with van der Waals surface area (Å²) in [5, 5.41) is 0.560. The van der Waals surface area contributed by atoms with Gasteiger partial charge in [-0.05, 0) is 53.1 Å². The highest BCUT2D eigenvalue weighted by Crippen LogP contribution is 2.65. The van der Waals surface area contributed by atoms with Gasteiger partial charge >= 0.3 is 0 Å². The Labute approximate surface area is 240 Å². The molecule has 0 saturated heterocycles. The number of carbonyl (C=O) groups excluding carboxylic acids is 4. The van der Waals surface area contributed by atoms with Gasteiger partial charge < -0.3 is 4.52 Å². The van der Waals surface area contributed by atoms with Crippen molar-refractivity contribution in [3.63, 3.8) is 0 Å².